The van der Waals surface area contributed by atoms with Gasteiger partial charge in [0.15, 0.2) is 0 Å². The Hall–Kier alpha value is -0.450. The van der Waals surface area contributed by atoms with Gasteiger partial charge in [-0.15, -0.1) is 0 Å². The van der Waals surface area contributed by atoms with Gasteiger partial charge < -0.3 is 15.2 Å². The molecule has 10 atom stereocenters. The van der Waals surface area contributed by atoms with Crippen molar-refractivity contribution in [1.82, 2.24) is 5.32 Å². The molecule has 0 saturated heterocycles. The van der Waals surface area contributed by atoms with Crippen molar-refractivity contribution < 1.29 is 14.6 Å². The minimum Gasteiger partial charge on any atom is -0.390 e. The maximum Gasteiger partial charge on any atom is 0.133 e. The summed E-state index contributed by atoms with van der Waals surface area (Å²) >= 11 is 0. The van der Waals surface area contributed by atoms with Crippen molar-refractivity contribution in [3.05, 3.63) is 0 Å². The molecule has 4 aliphatic carbocycles. The largest absolute Gasteiger partial charge is 0.390 e. The molecule has 4 heteroatoms. The molecule has 2 N–H and O–H groups in total. The van der Waals surface area contributed by atoms with E-state index in [4.69, 9.17) is 4.74 Å². The highest BCUT2D eigenvalue weighted by Gasteiger charge is 2.64. The third kappa shape index (κ3) is 4.11. The zero-order chi connectivity index (χ0) is 23.3. The van der Waals surface area contributed by atoms with Gasteiger partial charge in [-0.05, 0) is 112 Å². The number of carbonyl (C=O) groups is 1. The van der Waals surface area contributed by atoms with Crippen LogP contribution < -0.4 is 5.32 Å². The molecule has 4 nitrogen and oxygen atoms in total. The Morgan fingerprint density at radius 1 is 1.12 bits per heavy atom. The summed E-state index contributed by atoms with van der Waals surface area (Å²) in [5.74, 6) is 3.90. The first-order valence-corrected chi connectivity index (χ1v) is 13.6. The van der Waals surface area contributed by atoms with Crippen LogP contribution in [0.4, 0.5) is 0 Å². The lowest BCUT2D eigenvalue weighted by Crippen LogP contribution is -2.64. The topological polar surface area (TPSA) is 58.6 Å². The fourth-order valence-electron chi connectivity index (χ4n) is 9.25. The maximum absolute atomic E-state index is 12.7. The molecule has 0 aromatic heterocycles. The first kappa shape index (κ1) is 24.7. The minimum absolute atomic E-state index is 0.0295. The summed E-state index contributed by atoms with van der Waals surface area (Å²) in [5.41, 5.74) is 0.340. The van der Waals surface area contributed by atoms with Gasteiger partial charge in [0.2, 0.25) is 0 Å². The highest BCUT2D eigenvalue weighted by atomic mass is 16.5. The SMILES string of the molecule is CCO[C@H]1C[C@@]2(C)[C@@H](CC[C@@H]3[C@@H]2[C@H](NCCC(C)C)C[C@]2(C)[C@@H](C(C)=O)CC[C@@H]32)C[C@@H]1O. The van der Waals surface area contributed by atoms with Gasteiger partial charge in [0.1, 0.15) is 5.78 Å². The van der Waals surface area contributed by atoms with Crippen molar-refractivity contribution >= 4 is 5.78 Å². The second-order valence-corrected chi connectivity index (χ2v) is 12.8. The van der Waals surface area contributed by atoms with E-state index in [1.807, 2.05) is 13.8 Å². The van der Waals surface area contributed by atoms with Gasteiger partial charge in [0.05, 0.1) is 12.2 Å². The predicted octanol–water partition coefficient (Wildman–Crippen LogP) is 5.22. The van der Waals surface area contributed by atoms with E-state index in [9.17, 15) is 9.90 Å². The van der Waals surface area contributed by atoms with E-state index in [-0.39, 0.29) is 29.0 Å². The monoisotopic (exact) mass is 447 g/mol. The summed E-state index contributed by atoms with van der Waals surface area (Å²) in [6.07, 6.45) is 8.65. The van der Waals surface area contributed by atoms with E-state index >= 15 is 0 Å². The van der Waals surface area contributed by atoms with Crippen molar-refractivity contribution in [2.45, 2.75) is 111 Å². The number of aliphatic hydroxyl groups is 1. The summed E-state index contributed by atoms with van der Waals surface area (Å²) in [6, 6.07) is 0.463. The Morgan fingerprint density at radius 3 is 2.53 bits per heavy atom. The van der Waals surface area contributed by atoms with Crippen LogP contribution >= 0.6 is 0 Å². The zero-order valence-electron chi connectivity index (χ0n) is 21.5. The van der Waals surface area contributed by atoms with Gasteiger partial charge >= 0.3 is 0 Å². The van der Waals surface area contributed by atoms with Crippen molar-refractivity contribution in [1.29, 1.82) is 0 Å². The number of carbonyl (C=O) groups excluding carboxylic acids is 1. The van der Waals surface area contributed by atoms with E-state index < -0.39 is 0 Å². The van der Waals surface area contributed by atoms with Crippen LogP contribution in [-0.4, -0.2) is 42.3 Å². The lowest BCUT2D eigenvalue weighted by molar-refractivity contribution is -0.179. The molecular weight excluding hydrogens is 398 g/mol. The molecule has 4 fully saturated rings. The quantitative estimate of drug-likeness (QED) is 0.561. The molecule has 0 radical (unpaired) electrons. The molecule has 0 amide bonds. The molecule has 0 heterocycles. The predicted molar refractivity (Wildman–Crippen MR) is 129 cm³/mol. The molecule has 4 rings (SSSR count). The number of hydrogen-bond donors (Lipinski definition) is 2. The minimum atomic E-state index is -0.320. The molecule has 4 saturated carbocycles. The van der Waals surface area contributed by atoms with Crippen LogP contribution in [0.3, 0.4) is 0 Å². The standard InChI is InChI=1S/C28H49NO3/c1-7-32-25-16-27(5)19(14-24(25)31)8-9-20-22-11-10-21(18(4)30)28(22,6)15-23(26(20)27)29-13-12-17(2)3/h17,19-26,29,31H,7-16H2,1-6H3/t19-,20-,21+,22-,23+,24-,25-,26+,27-,28+/m0/s1. The smallest absolute Gasteiger partial charge is 0.133 e. The molecule has 4 aliphatic rings. The van der Waals surface area contributed by atoms with Crippen LogP contribution in [0.1, 0.15) is 92.9 Å². The second-order valence-electron chi connectivity index (χ2n) is 12.8. The summed E-state index contributed by atoms with van der Waals surface area (Å²) in [5, 5.41) is 14.9. The van der Waals surface area contributed by atoms with E-state index in [1.54, 1.807) is 0 Å². The zero-order valence-corrected chi connectivity index (χ0v) is 21.5. The fourth-order valence-corrected chi connectivity index (χ4v) is 9.25. The Balaban J connectivity index is 1.67. The van der Waals surface area contributed by atoms with Crippen LogP contribution in [0.15, 0.2) is 0 Å². The van der Waals surface area contributed by atoms with E-state index in [0.29, 0.717) is 48.0 Å². The number of aliphatic hydroxyl groups excluding tert-OH is 1. The van der Waals surface area contributed by atoms with Gasteiger partial charge in [-0.25, -0.2) is 0 Å². The average molecular weight is 448 g/mol. The Labute approximate surface area is 196 Å². The highest BCUT2D eigenvalue weighted by Crippen LogP contribution is 2.67. The molecule has 184 valence electrons. The molecule has 0 spiro atoms. The second kappa shape index (κ2) is 9.30. The van der Waals surface area contributed by atoms with Crippen molar-refractivity contribution in [2.24, 2.45) is 46.3 Å². The summed E-state index contributed by atoms with van der Waals surface area (Å²) in [6.45, 7) is 15.2. The van der Waals surface area contributed by atoms with Crippen LogP contribution in [0.5, 0.6) is 0 Å². The normalized spacial score (nSPS) is 48.2. The van der Waals surface area contributed by atoms with E-state index in [1.165, 1.54) is 25.7 Å². The third-order valence-corrected chi connectivity index (χ3v) is 10.6. The van der Waals surface area contributed by atoms with Crippen LogP contribution in [-0.2, 0) is 9.53 Å². The lowest BCUT2D eigenvalue weighted by atomic mass is 9.43. The Morgan fingerprint density at radius 2 is 1.88 bits per heavy atom. The van der Waals surface area contributed by atoms with Gasteiger partial charge in [0, 0.05) is 18.6 Å². The molecule has 0 bridgehead atoms. The van der Waals surface area contributed by atoms with E-state index in [0.717, 1.165) is 32.2 Å². The van der Waals surface area contributed by atoms with Crippen LogP contribution in [0.25, 0.3) is 0 Å². The number of ketones is 1. The molecule has 32 heavy (non-hydrogen) atoms. The first-order chi connectivity index (χ1) is 15.1. The van der Waals surface area contributed by atoms with Crippen LogP contribution in [0.2, 0.25) is 0 Å². The Bertz CT molecular complexity index is 680. The molecule has 0 aromatic rings. The van der Waals surface area contributed by atoms with Gasteiger partial charge in [-0.1, -0.05) is 27.7 Å². The first-order valence-electron chi connectivity index (χ1n) is 13.6. The summed E-state index contributed by atoms with van der Waals surface area (Å²) < 4.78 is 6.08. The number of nitrogens with one attached hydrogen (secondary N) is 1. The van der Waals surface area contributed by atoms with Crippen molar-refractivity contribution in [2.75, 3.05) is 13.2 Å². The molecule has 0 aromatic carbocycles. The average Bonchev–Trinajstić information content (AvgIpc) is 3.05. The summed E-state index contributed by atoms with van der Waals surface area (Å²) in [7, 11) is 0. The lowest BCUT2D eigenvalue weighted by Gasteiger charge is -2.64. The molecule has 0 unspecified atom stereocenters. The fraction of sp³-hybridized carbons (Fsp3) is 0.964. The van der Waals surface area contributed by atoms with E-state index in [2.05, 4.69) is 33.0 Å². The highest BCUT2D eigenvalue weighted by molar-refractivity contribution is 5.79. The number of Topliss-reactive ketones (excluding diaryl/α,β-unsaturated/α-hetero) is 1. The van der Waals surface area contributed by atoms with Gasteiger partial charge in [-0.3, -0.25) is 4.79 Å². The van der Waals surface area contributed by atoms with Gasteiger partial charge in [0.25, 0.3) is 0 Å². The number of rotatable bonds is 7. The molecular formula is C28H49NO3. The Kier molecular flexibility index (Phi) is 7.17. The van der Waals surface area contributed by atoms with Gasteiger partial charge in [-0.2, -0.15) is 0 Å². The summed E-state index contributed by atoms with van der Waals surface area (Å²) in [4.78, 5) is 12.7. The third-order valence-electron chi connectivity index (χ3n) is 10.6. The van der Waals surface area contributed by atoms with Crippen molar-refractivity contribution in [3.8, 4) is 0 Å². The number of hydrogen-bond acceptors (Lipinski definition) is 4. The number of fused-ring (bicyclic) bond motifs is 5. The van der Waals surface area contributed by atoms with Crippen molar-refractivity contribution in [3.63, 3.8) is 0 Å². The molecule has 0 aliphatic heterocycles. The number of ether oxygens (including phenoxy) is 1. The maximum atomic E-state index is 12.7. The van der Waals surface area contributed by atoms with Crippen LogP contribution in [0, 0.1) is 46.3 Å².